The van der Waals surface area contributed by atoms with Gasteiger partial charge in [0, 0.05) is 42.8 Å². The van der Waals surface area contributed by atoms with Gasteiger partial charge in [-0.1, -0.05) is 0 Å². The van der Waals surface area contributed by atoms with Gasteiger partial charge in [0.15, 0.2) is 5.65 Å². The monoisotopic (exact) mass is 455 g/mol. The van der Waals surface area contributed by atoms with E-state index in [2.05, 4.69) is 20.3 Å². The molecule has 5 rings (SSSR count). The molecule has 0 bridgehead atoms. The molecular formula is C22H23F2N7O2. The largest absolute Gasteiger partial charge is 0.351 e. The highest BCUT2D eigenvalue weighted by Crippen LogP contribution is 2.35. The lowest BCUT2D eigenvalue weighted by molar-refractivity contribution is 0.0988. The first-order valence-electron chi connectivity index (χ1n) is 10.8. The minimum atomic E-state index is -2.54. The Kier molecular flexibility index (Phi) is 5.18. The number of alkyl halides is 2. The fourth-order valence-corrected chi connectivity index (χ4v) is 4.50. The van der Waals surface area contributed by atoms with E-state index in [1.807, 2.05) is 4.90 Å². The Bertz CT molecular complexity index is 1310. The van der Waals surface area contributed by atoms with Gasteiger partial charge in [0.2, 0.25) is 5.95 Å². The molecule has 0 radical (unpaired) electrons. The molecule has 0 unspecified atom stereocenters. The Balaban J connectivity index is 1.63. The van der Waals surface area contributed by atoms with Crippen molar-refractivity contribution in [3.8, 4) is 0 Å². The summed E-state index contributed by atoms with van der Waals surface area (Å²) in [7, 11) is 0. The van der Waals surface area contributed by atoms with Crippen LogP contribution in [0.2, 0.25) is 0 Å². The number of anilines is 3. The zero-order valence-corrected chi connectivity index (χ0v) is 18.3. The van der Waals surface area contributed by atoms with Crippen molar-refractivity contribution in [3.63, 3.8) is 0 Å². The van der Waals surface area contributed by atoms with E-state index in [0.29, 0.717) is 41.5 Å². The molecule has 0 aromatic carbocycles. The van der Waals surface area contributed by atoms with Gasteiger partial charge in [0.05, 0.1) is 12.2 Å². The second kappa shape index (κ2) is 8.05. The molecule has 172 valence electrons. The summed E-state index contributed by atoms with van der Waals surface area (Å²) in [6.07, 6.45) is 2.25. The summed E-state index contributed by atoms with van der Waals surface area (Å²) in [6.45, 7) is 4.02. The van der Waals surface area contributed by atoms with Crippen molar-refractivity contribution in [1.29, 1.82) is 0 Å². The van der Waals surface area contributed by atoms with E-state index < -0.39 is 13.0 Å². The highest BCUT2D eigenvalue weighted by atomic mass is 19.3. The van der Waals surface area contributed by atoms with Gasteiger partial charge < -0.3 is 15.1 Å². The second-order valence-electron chi connectivity index (χ2n) is 8.32. The normalized spacial score (nSPS) is 18.0. The van der Waals surface area contributed by atoms with Crippen molar-refractivity contribution in [2.75, 3.05) is 34.8 Å². The van der Waals surface area contributed by atoms with Crippen LogP contribution >= 0.6 is 0 Å². The van der Waals surface area contributed by atoms with Gasteiger partial charge in [-0.25, -0.2) is 18.7 Å². The molecule has 11 heteroatoms. The van der Waals surface area contributed by atoms with Gasteiger partial charge in [-0.3, -0.25) is 14.0 Å². The maximum atomic E-state index is 13.7. The zero-order valence-electron chi connectivity index (χ0n) is 18.3. The molecule has 0 aliphatic carbocycles. The number of nitrogens with one attached hydrogen (secondary N) is 1. The molecule has 1 amide bonds. The summed E-state index contributed by atoms with van der Waals surface area (Å²) < 4.78 is 26.7. The number of hydrogen-bond acceptors (Lipinski definition) is 7. The number of fused-ring (bicyclic) bond motifs is 4. The molecule has 3 aromatic rings. The molecule has 0 saturated carbocycles. The molecule has 3 aromatic heterocycles. The molecule has 9 nitrogen and oxygen atoms in total. The van der Waals surface area contributed by atoms with Crippen LogP contribution in [0, 0.1) is 13.8 Å². The predicted molar refractivity (Wildman–Crippen MR) is 120 cm³/mol. The quantitative estimate of drug-likeness (QED) is 0.646. The number of rotatable bonds is 4. The number of amides is 1. The van der Waals surface area contributed by atoms with Crippen LogP contribution in [-0.2, 0) is 0 Å². The van der Waals surface area contributed by atoms with Crippen LogP contribution in [-0.4, -0.2) is 57.4 Å². The molecule has 0 spiro atoms. The molecule has 1 atom stereocenters. The van der Waals surface area contributed by atoms with Gasteiger partial charge in [0.25, 0.3) is 17.9 Å². The first-order chi connectivity index (χ1) is 15.8. The van der Waals surface area contributed by atoms with E-state index in [0.717, 1.165) is 12.8 Å². The molecule has 5 heterocycles. The Labute approximate surface area is 188 Å². The van der Waals surface area contributed by atoms with Crippen LogP contribution in [0.25, 0.3) is 5.65 Å². The van der Waals surface area contributed by atoms with Gasteiger partial charge in [-0.05, 0) is 38.8 Å². The van der Waals surface area contributed by atoms with E-state index in [1.165, 1.54) is 10.6 Å². The molecule has 2 aliphatic rings. The van der Waals surface area contributed by atoms with Gasteiger partial charge in [0.1, 0.15) is 11.4 Å². The van der Waals surface area contributed by atoms with Crippen molar-refractivity contribution in [2.24, 2.45) is 0 Å². The minimum absolute atomic E-state index is 0.00780. The highest BCUT2D eigenvalue weighted by Gasteiger charge is 2.38. The Morgan fingerprint density at radius 2 is 2.06 bits per heavy atom. The number of hydrogen-bond donors (Lipinski definition) is 1. The van der Waals surface area contributed by atoms with Crippen molar-refractivity contribution in [2.45, 2.75) is 39.2 Å². The van der Waals surface area contributed by atoms with Crippen LogP contribution in [0.5, 0.6) is 0 Å². The van der Waals surface area contributed by atoms with Crippen LogP contribution < -0.4 is 20.7 Å². The lowest BCUT2D eigenvalue weighted by Crippen LogP contribution is -2.40. The molecule has 1 saturated heterocycles. The maximum absolute atomic E-state index is 13.7. The van der Waals surface area contributed by atoms with Crippen molar-refractivity contribution in [3.05, 3.63) is 51.7 Å². The third kappa shape index (κ3) is 3.57. The molecular weight excluding hydrogens is 432 g/mol. The Morgan fingerprint density at radius 3 is 2.85 bits per heavy atom. The fraction of sp³-hybridized carbons (Fsp3) is 0.409. The number of halogens is 2. The average Bonchev–Trinajstić information content (AvgIpc) is 3.23. The smallest absolute Gasteiger partial charge is 0.263 e. The first kappa shape index (κ1) is 21.2. The number of carbonyl (C=O) groups excluding carboxylic acids is 1. The number of carbonyl (C=O) groups is 1. The van der Waals surface area contributed by atoms with E-state index in [4.69, 9.17) is 0 Å². The van der Waals surface area contributed by atoms with E-state index >= 15 is 0 Å². The minimum Gasteiger partial charge on any atom is -0.351 e. The molecule has 1 fully saturated rings. The third-order valence-electron chi connectivity index (χ3n) is 6.29. The highest BCUT2D eigenvalue weighted by molar-refractivity contribution is 6.11. The van der Waals surface area contributed by atoms with E-state index in [-0.39, 0.29) is 29.0 Å². The standard InChI is InChI=1S/C22H23F2N7O2/c1-12-13(2)27-19-16(6-4-8-30(19)20(12)32)31-11-14-5-3-7-29(14)18-15(21(31)33)9-25-22(28-18)26-10-17(23)24/h4,6,8-9,14,17H,3,5,7,10-11H2,1-2H3,(H,25,26,28)/t14-/m0/s1. The van der Waals surface area contributed by atoms with Crippen LogP contribution in [0.4, 0.5) is 26.2 Å². The summed E-state index contributed by atoms with van der Waals surface area (Å²) in [5.74, 6) is 0.181. The third-order valence-corrected chi connectivity index (χ3v) is 6.29. The summed E-state index contributed by atoms with van der Waals surface area (Å²) in [5, 5.41) is 2.52. The fourth-order valence-electron chi connectivity index (χ4n) is 4.50. The van der Waals surface area contributed by atoms with Crippen molar-refractivity contribution in [1.82, 2.24) is 19.4 Å². The topological polar surface area (TPSA) is 95.7 Å². The number of aryl methyl sites for hydroxylation is 1. The summed E-state index contributed by atoms with van der Waals surface area (Å²) in [4.78, 5) is 43.3. The van der Waals surface area contributed by atoms with Crippen molar-refractivity contribution >= 4 is 29.0 Å². The zero-order chi connectivity index (χ0) is 23.3. The lowest BCUT2D eigenvalue weighted by Gasteiger charge is -2.27. The van der Waals surface area contributed by atoms with Crippen LogP contribution in [0.3, 0.4) is 0 Å². The first-order valence-corrected chi connectivity index (χ1v) is 10.8. The average molecular weight is 455 g/mol. The SMILES string of the molecule is Cc1nc2c(N3C[C@@H]4CCCN4c4nc(NCC(F)F)ncc4C3=O)cccn2c(=O)c1C. The summed E-state index contributed by atoms with van der Waals surface area (Å²) >= 11 is 0. The molecule has 2 aliphatic heterocycles. The predicted octanol–water partition coefficient (Wildman–Crippen LogP) is 2.41. The number of pyridine rings is 1. The summed E-state index contributed by atoms with van der Waals surface area (Å²) in [5.41, 5.74) is 2.20. The van der Waals surface area contributed by atoms with Gasteiger partial charge in [-0.2, -0.15) is 4.98 Å². The molecule has 33 heavy (non-hydrogen) atoms. The summed E-state index contributed by atoms with van der Waals surface area (Å²) in [6, 6.07) is 3.49. The van der Waals surface area contributed by atoms with E-state index in [1.54, 1.807) is 37.1 Å². The Hall–Kier alpha value is -3.63. The van der Waals surface area contributed by atoms with Crippen LogP contribution in [0.15, 0.2) is 29.3 Å². The number of nitrogens with zero attached hydrogens (tertiary/aromatic N) is 6. The van der Waals surface area contributed by atoms with Crippen LogP contribution in [0.1, 0.15) is 34.5 Å². The van der Waals surface area contributed by atoms with E-state index in [9.17, 15) is 18.4 Å². The second-order valence-corrected chi connectivity index (χ2v) is 8.32. The Morgan fingerprint density at radius 1 is 1.24 bits per heavy atom. The molecule has 1 N–H and O–H groups in total. The number of aromatic nitrogens is 4. The van der Waals surface area contributed by atoms with Crippen molar-refractivity contribution < 1.29 is 13.6 Å². The van der Waals surface area contributed by atoms with Gasteiger partial charge in [-0.15, -0.1) is 0 Å². The lowest BCUT2D eigenvalue weighted by atomic mass is 10.2. The van der Waals surface area contributed by atoms with Gasteiger partial charge >= 0.3 is 0 Å². The maximum Gasteiger partial charge on any atom is 0.263 e.